The standard InChI is InChI=1S/C18H19N3O5/c19-16(23)15(4-1-7-22)21-17(24)13-6-5-11(9-14(13)18(21)25)20-10-12-3-2-8-26-12/h2-3,5-9,15,18,20,25H,1,4,10H2,(H2,19,23). The number of aldehydes is 1. The second-order valence-electron chi connectivity index (χ2n) is 5.98. The van der Waals surface area contributed by atoms with E-state index >= 15 is 0 Å². The van der Waals surface area contributed by atoms with E-state index in [2.05, 4.69) is 5.32 Å². The predicted molar refractivity (Wildman–Crippen MR) is 91.9 cm³/mol. The Bertz CT molecular complexity index is 818. The number of aliphatic hydroxyl groups is 1. The van der Waals surface area contributed by atoms with Gasteiger partial charge in [0.25, 0.3) is 5.91 Å². The Morgan fingerprint density at radius 2 is 2.23 bits per heavy atom. The van der Waals surface area contributed by atoms with Gasteiger partial charge in [-0.15, -0.1) is 0 Å². The quantitative estimate of drug-likeness (QED) is 0.609. The van der Waals surface area contributed by atoms with Crippen LogP contribution in [0.1, 0.15) is 40.8 Å². The lowest BCUT2D eigenvalue weighted by Gasteiger charge is -2.28. The van der Waals surface area contributed by atoms with Crippen molar-refractivity contribution in [3.05, 3.63) is 53.5 Å². The third-order valence-corrected chi connectivity index (χ3v) is 4.33. The molecular formula is C18H19N3O5. The zero-order chi connectivity index (χ0) is 18.7. The van der Waals surface area contributed by atoms with Gasteiger partial charge in [-0.3, -0.25) is 14.5 Å². The number of rotatable bonds is 8. The summed E-state index contributed by atoms with van der Waals surface area (Å²) in [6.07, 6.45) is 1.05. The van der Waals surface area contributed by atoms with E-state index in [4.69, 9.17) is 10.2 Å². The van der Waals surface area contributed by atoms with Crippen LogP contribution in [0.15, 0.2) is 41.0 Å². The van der Waals surface area contributed by atoms with Crippen molar-refractivity contribution in [1.29, 1.82) is 0 Å². The Kier molecular flexibility index (Phi) is 5.04. The highest BCUT2D eigenvalue weighted by atomic mass is 16.3. The van der Waals surface area contributed by atoms with Crippen LogP contribution in [0, 0.1) is 0 Å². The highest BCUT2D eigenvalue weighted by Gasteiger charge is 2.41. The highest BCUT2D eigenvalue weighted by molar-refractivity contribution is 6.02. The van der Waals surface area contributed by atoms with E-state index in [1.807, 2.05) is 6.07 Å². The number of carbonyl (C=O) groups is 3. The van der Waals surface area contributed by atoms with Crippen LogP contribution < -0.4 is 11.1 Å². The summed E-state index contributed by atoms with van der Waals surface area (Å²) in [6.45, 7) is 0.447. The zero-order valence-electron chi connectivity index (χ0n) is 13.9. The van der Waals surface area contributed by atoms with Crippen LogP contribution in [-0.2, 0) is 16.1 Å². The van der Waals surface area contributed by atoms with Crippen molar-refractivity contribution in [3.8, 4) is 0 Å². The Balaban J connectivity index is 1.81. The summed E-state index contributed by atoms with van der Waals surface area (Å²) >= 11 is 0. The molecule has 1 aromatic carbocycles. The summed E-state index contributed by atoms with van der Waals surface area (Å²) < 4.78 is 5.24. The zero-order valence-corrected chi connectivity index (χ0v) is 13.9. The van der Waals surface area contributed by atoms with E-state index in [0.29, 0.717) is 29.6 Å². The number of nitrogens with two attached hydrogens (primary N) is 1. The number of primary amides is 1. The van der Waals surface area contributed by atoms with Crippen LogP contribution in [0.25, 0.3) is 0 Å². The molecule has 0 saturated carbocycles. The molecule has 0 radical (unpaired) electrons. The number of carbonyl (C=O) groups excluding carboxylic acids is 3. The number of nitrogens with one attached hydrogen (secondary N) is 1. The number of benzene rings is 1. The summed E-state index contributed by atoms with van der Waals surface area (Å²) in [7, 11) is 0. The Morgan fingerprint density at radius 3 is 2.88 bits per heavy atom. The van der Waals surface area contributed by atoms with Crippen molar-refractivity contribution in [2.45, 2.75) is 31.7 Å². The molecule has 8 heteroatoms. The minimum Gasteiger partial charge on any atom is -0.467 e. The lowest BCUT2D eigenvalue weighted by atomic mass is 10.1. The number of furan rings is 1. The fraction of sp³-hybridized carbons (Fsp3) is 0.278. The maximum Gasteiger partial charge on any atom is 0.257 e. The molecular weight excluding hydrogens is 338 g/mol. The van der Waals surface area contributed by atoms with Gasteiger partial charge in [0.15, 0.2) is 6.23 Å². The number of nitrogens with zero attached hydrogens (tertiary/aromatic N) is 1. The van der Waals surface area contributed by atoms with E-state index in [1.165, 1.54) is 0 Å². The molecule has 2 atom stereocenters. The summed E-state index contributed by atoms with van der Waals surface area (Å²) in [5.41, 5.74) is 6.75. The molecule has 3 rings (SSSR count). The third-order valence-electron chi connectivity index (χ3n) is 4.33. The highest BCUT2D eigenvalue weighted by Crippen LogP contribution is 2.36. The van der Waals surface area contributed by atoms with E-state index < -0.39 is 24.1 Å². The van der Waals surface area contributed by atoms with Gasteiger partial charge < -0.3 is 25.4 Å². The molecule has 2 aromatic rings. The molecule has 2 unspecified atom stereocenters. The van der Waals surface area contributed by atoms with Crippen LogP contribution in [0.4, 0.5) is 5.69 Å². The van der Waals surface area contributed by atoms with Gasteiger partial charge >= 0.3 is 0 Å². The van der Waals surface area contributed by atoms with Crippen molar-refractivity contribution in [2.24, 2.45) is 5.73 Å². The lowest BCUT2D eigenvalue weighted by Crippen LogP contribution is -2.46. The van der Waals surface area contributed by atoms with E-state index in [9.17, 15) is 19.5 Å². The van der Waals surface area contributed by atoms with Crippen molar-refractivity contribution < 1.29 is 23.9 Å². The largest absolute Gasteiger partial charge is 0.467 e. The lowest BCUT2D eigenvalue weighted by molar-refractivity contribution is -0.126. The molecule has 2 amide bonds. The van der Waals surface area contributed by atoms with E-state index in [-0.39, 0.29) is 12.8 Å². The van der Waals surface area contributed by atoms with Crippen LogP contribution in [-0.4, -0.2) is 34.1 Å². The second kappa shape index (κ2) is 7.40. The molecule has 0 saturated heterocycles. The molecule has 0 bridgehead atoms. The maximum atomic E-state index is 12.6. The summed E-state index contributed by atoms with van der Waals surface area (Å²) in [5, 5.41) is 13.7. The van der Waals surface area contributed by atoms with Crippen molar-refractivity contribution in [2.75, 3.05) is 5.32 Å². The number of aliphatic hydroxyl groups excluding tert-OH is 1. The van der Waals surface area contributed by atoms with Crippen molar-refractivity contribution >= 4 is 23.8 Å². The first-order chi connectivity index (χ1) is 12.5. The first-order valence-corrected chi connectivity index (χ1v) is 8.16. The van der Waals surface area contributed by atoms with Gasteiger partial charge in [-0.1, -0.05) is 0 Å². The summed E-state index contributed by atoms with van der Waals surface area (Å²) in [5.74, 6) is -0.505. The van der Waals surface area contributed by atoms with Gasteiger partial charge in [0, 0.05) is 23.2 Å². The fourth-order valence-electron chi connectivity index (χ4n) is 3.04. The van der Waals surface area contributed by atoms with Crippen LogP contribution in [0.3, 0.4) is 0 Å². The molecule has 1 aromatic heterocycles. The first-order valence-electron chi connectivity index (χ1n) is 8.16. The number of anilines is 1. The van der Waals surface area contributed by atoms with E-state index in [1.54, 1.807) is 30.5 Å². The number of hydrogen-bond donors (Lipinski definition) is 3. The van der Waals surface area contributed by atoms with Crippen LogP contribution in [0.5, 0.6) is 0 Å². The summed E-state index contributed by atoms with van der Waals surface area (Å²) in [4.78, 5) is 36.0. The van der Waals surface area contributed by atoms with Gasteiger partial charge in [0.05, 0.1) is 12.8 Å². The number of hydrogen-bond acceptors (Lipinski definition) is 6. The second-order valence-corrected chi connectivity index (χ2v) is 5.98. The normalized spacial score (nSPS) is 17.0. The van der Waals surface area contributed by atoms with Crippen molar-refractivity contribution in [1.82, 2.24) is 4.90 Å². The van der Waals surface area contributed by atoms with Gasteiger partial charge in [-0.2, -0.15) is 0 Å². The fourth-order valence-corrected chi connectivity index (χ4v) is 3.04. The molecule has 1 aliphatic rings. The maximum absolute atomic E-state index is 12.6. The number of amides is 2. The van der Waals surface area contributed by atoms with Gasteiger partial charge in [-0.25, -0.2) is 0 Å². The Labute approximate surface area is 149 Å². The molecule has 8 nitrogen and oxygen atoms in total. The monoisotopic (exact) mass is 357 g/mol. The molecule has 2 heterocycles. The molecule has 26 heavy (non-hydrogen) atoms. The molecule has 0 fully saturated rings. The van der Waals surface area contributed by atoms with E-state index in [0.717, 1.165) is 10.7 Å². The van der Waals surface area contributed by atoms with Crippen LogP contribution in [0.2, 0.25) is 0 Å². The molecule has 0 spiro atoms. The average molecular weight is 357 g/mol. The minimum atomic E-state index is -1.30. The molecule has 4 N–H and O–H groups in total. The average Bonchev–Trinajstić information content (AvgIpc) is 3.22. The van der Waals surface area contributed by atoms with Crippen LogP contribution >= 0.6 is 0 Å². The molecule has 1 aliphatic heterocycles. The predicted octanol–water partition coefficient (Wildman–Crippen LogP) is 1.17. The van der Waals surface area contributed by atoms with Gasteiger partial charge in [-0.05, 0) is 36.8 Å². The topological polar surface area (TPSA) is 126 Å². The number of fused-ring (bicyclic) bond motifs is 1. The Hall–Kier alpha value is -3.13. The molecule has 136 valence electrons. The summed E-state index contributed by atoms with van der Waals surface area (Å²) in [6, 6.07) is 7.51. The smallest absolute Gasteiger partial charge is 0.257 e. The first kappa shape index (κ1) is 17.7. The van der Waals surface area contributed by atoms with Crippen molar-refractivity contribution in [3.63, 3.8) is 0 Å². The van der Waals surface area contributed by atoms with Gasteiger partial charge in [0.2, 0.25) is 5.91 Å². The SMILES string of the molecule is NC(=O)C(CCC=O)N1C(=O)c2ccc(NCc3ccco3)cc2C1O. The minimum absolute atomic E-state index is 0.0659. The third kappa shape index (κ3) is 3.31. The molecule has 0 aliphatic carbocycles. The van der Waals surface area contributed by atoms with Gasteiger partial charge in [0.1, 0.15) is 18.1 Å². The Morgan fingerprint density at radius 1 is 1.42 bits per heavy atom.